The van der Waals surface area contributed by atoms with Crippen molar-refractivity contribution < 1.29 is 19.5 Å². The second-order valence-corrected chi connectivity index (χ2v) is 7.25. The minimum absolute atomic E-state index is 0.0525. The number of hydrogen-bond acceptors (Lipinski definition) is 6. The molecule has 0 saturated carbocycles. The Hall–Kier alpha value is -3.81. The minimum Gasteiger partial charge on any atom is -0.392 e. The molecule has 1 unspecified atom stereocenters. The second-order valence-electron chi connectivity index (χ2n) is 7.25. The Kier molecular flexibility index (Phi) is 5.62. The number of benzene rings is 3. The van der Waals surface area contributed by atoms with Crippen LogP contribution in [0.1, 0.15) is 16.7 Å². The summed E-state index contributed by atoms with van der Waals surface area (Å²) in [5.74, 6) is -0.622. The molecule has 1 aromatic heterocycles. The first-order chi connectivity index (χ1) is 15.0. The van der Waals surface area contributed by atoms with Crippen molar-refractivity contribution in [3.8, 4) is 0 Å². The quantitative estimate of drug-likeness (QED) is 0.446. The largest absolute Gasteiger partial charge is 0.392 e. The van der Waals surface area contributed by atoms with Crippen molar-refractivity contribution in [3.05, 3.63) is 106 Å². The van der Waals surface area contributed by atoms with Gasteiger partial charge in [0.2, 0.25) is 0 Å². The molecule has 0 aliphatic carbocycles. The predicted molar refractivity (Wildman–Crippen MR) is 115 cm³/mol. The molecule has 7 heteroatoms. The van der Waals surface area contributed by atoms with Crippen molar-refractivity contribution >= 4 is 22.4 Å². The van der Waals surface area contributed by atoms with E-state index in [2.05, 4.69) is 15.0 Å². The molecular weight excluding hydrogens is 396 g/mol. The molecule has 1 atom stereocenters. The van der Waals surface area contributed by atoms with Gasteiger partial charge in [0.25, 0.3) is 5.91 Å². The molecule has 3 aromatic carbocycles. The van der Waals surface area contributed by atoms with Gasteiger partial charge in [0.15, 0.2) is 5.60 Å². The summed E-state index contributed by atoms with van der Waals surface area (Å²) in [6.45, 7) is -0.136. The first-order valence-corrected chi connectivity index (χ1v) is 9.66. The lowest BCUT2D eigenvalue weighted by Gasteiger charge is -2.28. The molecule has 0 fully saturated rings. The summed E-state index contributed by atoms with van der Waals surface area (Å²) < 4.78 is 4.61. The van der Waals surface area contributed by atoms with Gasteiger partial charge in [-0.2, -0.15) is 0 Å². The monoisotopic (exact) mass is 416 g/mol. The highest BCUT2D eigenvalue weighted by atomic mass is 16.5. The van der Waals surface area contributed by atoms with Crippen molar-refractivity contribution in [2.24, 2.45) is 0 Å². The van der Waals surface area contributed by atoms with E-state index in [1.807, 2.05) is 30.3 Å². The smallest absolute Gasteiger partial charge is 0.366 e. The van der Waals surface area contributed by atoms with Crippen LogP contribution in [-0.4, -0.2) is 21.3 Å². The Morgan fingerprint density at radius 2 is 1.74 bits per heavy atom. The minimum atomic E-state index is -1.86. The first-order valence-electron chi connectivity index (χ1n) is 9.66. The number of carbonyl (C=O) groups excluding carboxylic acids is 1. The number of fused-ring (bicyclic) bond motifs is 1. The summed E-state index contributed by atoms with van der Waals surface area (Å²) in [6.07, 6.45) is 1.44. The average molecular weight is 416 g/mol. The zero-order chi connectivity index (χ0) is 21.8. The van der Waals surface area contributed by atoms with Gasteiger partial charge in [0.05, 0.1) is 18.2 Å². The molecule has 0 bridgehead atoms. The van der Waals surface area contributed by atoms with Crippen LogP contribution in [-0.2, 0) is 23.4 Å². The average Bonchev–Trinajstić information content (AvgIpc) is 2.80. The lowest BCUT2D eigenvalue weighted by molar-refractivity contribution is -0.135. The van der Waals surface area contributed by atoms with Crippen molar-refractivity contribution in [3.63, 3.8) is 0 Å². The second kappa shape index (κ2) is 8.51. The van der Waals surface area contributed by atoms with Crippen LogP contribution in [0, 0.1) is 0 Å². The molecule has 0 aliphatic heterocycles. The number of aliphatic hydroxyl groups excluding tert-OH is 1. The molecule has 1 heterocycles. The van der Waals surface area contributed by atoms with Crippen LogP contribution in [0.2, 0.25) is 0 Å². The summed E-state index contributed by atoms with van der Waals surface area (Å²) in [5, 5.41) is 28.0. The van der Waals surface area contributed by atoms with Gasteiger partial charge in [-0.3, -0.25) is 4.79 Å². The first kappa shape index (κ1) is 20.5. The fraction of sp³-hybridized carbons (Fsp3) is 0.125. The molecule has 156 valence electrons. The normalized spacial score (nSPS) is 13.0. The Morgan fingerprint density at radius 3 is 2.45 bits per heavy atom. The number of nitrogens with one attached hydrogen (secondary N) is 1. The van der Waals surface area contributed by atoms with E-state index in [1.54, 1.807) is 36.4 Å². The van der Waals surface area contributed by atoms with Crippen molar-refractivity contribution in [1.82, 2.24) is 5.16 Å². The maximum Gasteiger partial charge on any atom is 0.366 e. The molecule has 3 N–H and O–H groups in total. The van der Waals surface area contributed by atoms with Gasteiger partial charge in [0, 0.05) is 17.5 Å². The topological polar surface area (TPSA) is 113 Å². The SMILES string of the molecule is O=C(Nc1ccc2c(=O)oncc2c1)C(O)(Cc1ccccc1)c1ccc(CO)cc1. The maximum atomic E-state index is 13.3. The van der Waals surface area contributed by atoms with Crippen LogP contribution < -0.4 is 10.9 Å². The van der Waals surface area contributed by atoms with Crippen LogP contribution in [0.5, 0.6) is 0 Å². The molecule has 0 radical (unpaired) electrons. The molecule has 0 spiro atoms. The third kappa shape index (κ3) is 4.23. The summed E-state index contributed by atoms with van der Waals surface area (Å²) in [4.78, 5) is 25.0. The lowest BCUT2D eigenvalue weighted by Crippen LogP contribution is -2.42. The highest BCUT2D eigenvalue weighted by Crippen LogP contribution is 2.29. The van der Waals surface area contributed by atoms with Gasteiger partial charge in [-0.05, 0) is 34.9 Å². The Balaban J connectivity index is 1.70. The zero-order valence-electron chi connectivity index (χ0n) is 16.5. The van der Waals surface area contributed by atoms with E-state index in [0.29, 0.717) is 27.6 Å². The van der Waals surface area contributed by atoms with Crippen LogP contribution in [0.15, 0.2) is 88.3 Å². The lowest BCUT2D eigenvalue weighted by atomic mass is 9.85. The van der Waals surface area contributed by atoms with E-state index in [0.717, 1.165) is 5.56 Å². The number of carbonyl (C=O) groups is 1. The molecule has 7 nitrogen and oxygen atoms in total. The highest BCUT2D eigenvalue weighted by molar-refractivity contribution is 5.99. The number of aliphatic hydroxyl groups is 2. The Labute approximate surface area is 177 Å². The van der Waals surface area contributed by atoms with E-state index in [4.69, 9.17) is 0 Å². The van der Waals surface area contributed by atoms with E-state index < -0.39 is 17.1 Å². The number of aromatic nitrogens is 1. The van der Waals surface area contributed by atoms with Crippen LogP contribution in [0.4, 0.5) is 5.69 Å². The summed E-state index contributed by atoms with van der Waals surface area (Å²) in [5.41, 5.74) is -0.172. The summed E-state index contributed by atoms with van der Waals surface area (Å²) in [7, 11) is 0. The van der Waals surface area contributed by atoms with Gasteiger partial charge < -0.3 is 20.1 Å². The molecule has 4 aromatic rings. The zero-order valence-corrected chi connectivity index (χ0v) is 16.5. The third-order valence-corrected chi connectivity index (χ3v) is 5.15. The number of rotatable bonds is 6. The third-order valence-electron chi connectivity index (χ3n) is 5.15. The van der Waals surface area contributed by atoms with Gasteiger partial charge in [-0.15, -0.1) is 0 Å². The van der Waals surface area contributed by atoms with Gasteiger partial charge in [-0.1, -0.05) is 59.8 Å². The van der Waals surface area contributed by atoms with Crippen molar-refractivity contribution in [1.29, 1.82) is 0 Å². The van der Waals surface area contributed by atoms with E-state index in [9.17, 15) is 19.8 Å². The number of hydrogen-bond donors (Lipinski definition) is 3. The fourth-order valence-corrected chi connectivity index (χ4v) is 3.44. The number of anilines is 1. The summed E-state index contributed by atoms with van der Waals surface area (Å²) in [6, 6.07) is 20.5. The summed E-state index contributed by atoms with van der Waals surface area (Å²) >= 11 is 0. The van der Waals surface area contributed by atoms with Crippen LogP contribution in [0.25, 0.3) is 10.8 Å². The Bertz CT molecular complexity index is 1270. The van der Waals surface area contributed by atoms with Gasteiger partial charge in [-0.25, -0.2) is 4.79 Å². The fourth-order valence-electron chi connectivity index (χ4n) is 3.44. The maximum absolute atomic E-state index is 13.3. The predicted octanol–water partition coefficient (Wildman–Crippen LogP) is 2.75. The highest BCUT2D eigenvalue weighted by Gasteiger charge is 2.38. The molecule has 1 amide bonds. The molecule has 0 aliphatic rings. The number of nitrogens with zero attached hydrogens (tertiary/aromatic N) is 1. The van der Waals surface area contributed by atoms with Crippen molar-refractivity contribution in [2.45, 2.75) is 18.6 Å². The molecule has 31 heavy (non-hydrogen) atoms. The van der Waals surface area contributed by atoms with E-state index in [1.165, 1.54) is 12.3 Å². The van der Waals surface area contributed by atoms with Gasteiger partial charge in [0.1, 0.15) is 0 Å². The van der Waals surface area contributed by atoms with E-state index in [-0.39, 0.29) is 13.0 Å². The van der Waals surface area contributed by atoms with Gasteiger partial charge >= 0.3 is 5.63 Å². The number of amides is 1. The molecular formula is C24H20N2O5. The van der Waals surface area contributed by atoms with Crippen LogP contribution in [0.3, 0.4) is 0 Å². The standard InChI is InChI=1S/C24H20N2O5/c27-15-17-6-8-19(9-7-17)24(30,13-16-4-2-1-3-5-16)23(29)26-20-10-11-21-18(12-20)14-25-31-22(21)28/h1-12,14,27,30H,13,15H2,(H,26,29). The molecule has 0 saturated heterocycles. The van der Waals surface area contributed by atoms with Crippen LogP contribution >= 0.6 is 0 Å². The Morgan fingerprint density at radius 1 is 1.00 bits per heavy atom. The van der Waals surface area contributed by atoms with Crippen molar-refractivity contribution in [2.75, 3.05) is 5.32 Å². The molecule has 4 rings (SSSR count). The van der Waals surface area contributed by atoms with E-state index >= 15 is 0 Å².